The molecule has 2 nitrogen and oxygen atoms in total. The molecule has 0 spiro atoms. The Morgan fingerprint density at radius 2 is 1.39 bits per heavy atom. The van der Waals surface area contributed by atoms with Crippen molar-refractivity contribution < 1.29 is 0 Å². The molecule has 5 aromatic carbocycles. The normalized spacial score (nSPS) is 13.7. The molecule has 7 aromatic rings. The van der Waals surface area contributed by atoms with E-state index >= 15 is 0 Å². The van der Waals surface area contributed by atoms with E-state index in [1.165, 1.54) is 64.7 Å². The highest BCUT2D eigenvalue weighted by molar-refractivity contribution is 7.99. The molecule has 0 saturated heterocycles. The zero-order chi connectivity index (χ0) is 27.5. The van der Waals surface area contributed by atoms with Gasteiger partial charge in [0.2, 0.25) is 0 Å². The number of nitrogens with zero attached hydrogens (tertiary/aromatic N) is 2. The van der Waals surface area contributed by atoms with Gasteiger partial charge in [-0.05, 0) is 47.9 Å². The maximum atomic E-state index is 4.56. The lowest BCUT2D eigenvalue weighted by Crippen LogP contribution is -2.01. The predicted molar refractivity (Wildman–Crippen MR) is 176 cm³/mol. The summed E-state index contributed by atoms with van der Waals surface area (Å²) in [5.41, 5.74) is 8.43. The molecule has 1 atom stereocenters. The summed E-state index contributed by atoms with van der Waals surface area (Å²) < 4.78 is 4.80. The molecule has 0 bridgehead atoms. The van der Waals surface area contributed by atoms with Gasteiger partial charge in [-0.15, -0.1) is 0 Å². The average Bonchev–Trinajstić information content (AvgIpc) is 3.53. The van der Waals surface area contributed by atoms with Crippen molar-refractivity contribution in [1.82, 2.24) is 9.13 Å². The zero-order valence-electron chi connectivity index (χ0n) is 22.8. The van der Waals surface area contributed by atoms with E-state index in [0.717, 1.165) is 5.70 Å². The van der Waals surface area contributed by atoms with Crippen LogP contribution in [0.2, 0.25) is 0 Å². The smallest absolute Gasteiger partial charge is 0.0688 e. The molecule has 196 valence electrons. The van der Waals surface area contributed by atoms with Gasteiger partial charge in [0.05, 0.1) is 27.8 Å². The second-order valence-electron chi connectivity index (χ2n) is 10.7. The van der Waals surface area contributed by atoms with Crippen LogP contribution in [0.15, 0.2) is 150 Å². The molecule has 1 aliphatic heterocycles. The molecule has 2 aromatic heterocycles. The van der Waals surface area contributed by atoms with Crippen LogP contribution in [-0.2, 0) is 0 Å². The van der Waals surface area contributed by atoms with Crippen LogP contribution in [-0.4, -0.2) is 9.13 Å². The van der Waals surface area contributed by atoms with E-state index in [4.69, 9.17) is 0 Å². The van der Waals surface area contributed by atoms with Crippen molar-refractivity contribution in [2.75, 3.05) is 0 Å². The van der Waals surface area contributed by atoms with Crippen molar-refractivity contribution in [3.8, 4) is 5.69 Å². The van der Waals surface area contributed by atoms with Crippen LogP contribution in [0.25, 0.3) is 55.0 Å². The topological polar surface area (TPSA) is 9.86 Å². The lowest BCUT2D eigenvalue weighted by Gasteiger charge is -2.20. The van der Waals surface area contributed by atoms with Gasteiger partial charge in [-0.1, -0.05) is 122 Å². The fourth-order valence-corrected chi connectivity index (χ4v) is 7.51. The van der Waals surface area contributed by atoms with Crippen LogP contribution in [0.4, 0.5) is 0 Å². The lowest BCUT2D eigenvalue weighted by molar-refractivity contribution is 0.968. The van der Waals surface area contributed by atoms with Crippen LogP contribution in [0.3, 0.4) is 0 Å². The van der Waals surface area contributed by atoms with Gasteiger partial charge in [-0.2, -0.15) is 0 Å². The van der Waals surface area contributed by atoms with Crippen molar-refractivity contribution >= 4 is 61.1 Å². The summed E-state index contributed by atoms with van der Waals surface area (Å²) in [5, 5.41) is 5.15. The van der Waals surface area contributed by atoms with Crippen molar-refractivity contribution in [2.24, 2.45) is 0 Å². The van der Waals surface area contributed by atoms with E-state index in [0.29, 0.717) is 5.92 Å². The van der Waals surface area contributed by atoms with Crippen molar-refractivity contribution in [3.63, 3.8) is 0 Å². The Kier molecular flexibility index (Phi) is 5.54. The quantitative estimate of drug-likeness (QED) is 0.196. The van der Waals surface area contributed by atoms with Crippen LogP contribution in [0, 0.1) is 0 Å². The average molecular weight is 545 g/mol. The largest absolute Gasteiger partial charge is 0.310 e. The molecule has 8 rings (SSSR count). The van der Waals surface area contributed by atoms with Crippen LogP contribution in [0.5, 0.6) is 0 Å². The molecule has 1 aliphatic rings. The number of aromatic nitrogens is 2. The number of hydrogen-bond acceptors (Lipinski definition) is 1. The Morgan fingerprint density at radius 1 is 0.707 bits per heavy atom. The summed E-state index contributed by atoms with van der Waals surface area (Å²) in [6, 6.07) is 39.3. The first-order valence-electron chi connectivity index (χ1n) is 14.1. The maximum Gasteiger partial charge on any atom is 0.0688 e. The number of allylic oxidation sites excluding steroid dienone is 5. The number of para-hydroxylation sites is 3. The number of fused-ring (bicyclic) bond motifs is 9. The zero-order valence-corrected chi connectivity index (χ0v) is 23.6. The summed E-state index contributed by atoms with van der Waals surface area (Å²) >= 11 is 1.86. The van der Waals surface area contributed by atoms with Gasteiger partial charge in [-0.3, -0.25) is 0 Å². The van der Waals surface area contributed by atoms with Gasteiger partial charge < -0.3 is 9.13 Å². The molecular weight excluding hydrogens is 516 g/mol. The minimum Gasteiger partial charge on any atom is -0.310 e. The van der Waals surface area contributed by atoms with Crippen LogP contribution in [0.1, 0.15) is 18.4 Å². The minimum absolute atomic E-state index is 0.348. The van der Waals surface area contributed by atoms with E-state index in [1.54, 1.807) is 0 Å². The van der Waals surface area contributed by atoms with Crippen molar-refractivity contribution in [1.29, 1.82) is 0 Å². The molecular formula is C38H28N2S. The molecule has 0 amide bonds. The summed E-state index contributed by atoms with van der Waals surface area (Å²) in [6.45, 7) is 6.78. The second-order valence-corrected chi connectivity index (χ2v) is 11.8. The fraction of sp³-hybridized carbons (Fsp3) is 0.0526. The highest BCUT2D eigenvalue weighted by Crippen LogP contribution is 2.51. The van der Waals surface area contributed by atoms with Crippen molar-refractivity contribution in [2.45, 2.75) is 22.6 Å². The van der Waals surface area contributed by atoms with E-state index in [-0.39, 0.29) is 0 Å². The van der Waals surface area contributed by atoms with Crippen LogP contribution < -0.4 is 0 Å². The van der Waals surface area contributed by atoms with Crippen molar-refractivity contribution in [3.05, 3.63) is 146 Å². The number of rotatable bonds is 5. The van der Waals surface area contributed by atoms with E-state index in [1.807, 2.05) is 11.8 Å². The number of hydrogen-bond donors (Lipinski definition) is 0. The third-order valence-corrected chi connectivity index (χ3v) is 9.37. The Balaban J connectivity index is 1.34. The lowest BCUT2D eigenvalue weighted by atomic mass is 10.0. The van der Waals surface area contributed by atoms with Gasteiger partial charge >= 0.3 is 0 Å². The summed E-state index contributed by atoms with van der Waals surface area (Å²) in [5.74, 6) is 0.348. The molecule has 0 aliphatic carbocycles. The van der Waals surface area contributed by atoms with E-state index < -0.39 is 0 Å². The van der Waals surface area contributed by atoms with E-state index in [9.17, 15) is 0 Å². The first-order valence-corrected chi connectivity index (χ1v) is 14.9. The Morgan fingerprint density at radius 3 is 2.22 bits per heavy atom. The summed E-state index contributed by atoms with van der Waals surface area (Å²) in [4.78, 5) is 2.56. The molecule has 3 heterocycles. The second kappa shape index (κ2) is 9.43. The Bertz CT molecular complexity index is 2210. The van der Waals surface area contributed by atoms with E-state index in [2.05, 4.69) is 156 Å². The van der Waals surface area contributed by atoms with Gasteiger partial charge in [0, 0.05) is 37.0 Å². The third-order valence-electron chi connectivity index (χ3n) is 8.28. The standard InChI is InChI=1S/C38H28N2S/c1-25(27-16-4-3-5-17-27)14-6-7-15-26(2)39-30-20-10-8-18-28(30)36-33(39)24-35-38-37(36)29-19-9-11-21-31(29)40(38)32-22-12-13-23-34(32)41-35/h3-25H,2H2,1H3/b14-6+,15-7+/t25-/m1/s1. The highest BCUT2D eigenvalue weighted by atomic mass is 32.2. The Labute approximate surface area is 243 Å². The maximum absolute atomic E-state index is 4.56. The van der Waals surface area contributed by atoms with Gasteiger partial charge in [0.25, 0.3) is 0 Å². The minimum atomic E-state index is 0.348. The molecule has 0 fully saturated rings. The summed E-state index contributed by atoms with van der Waals surface area (Å²) in [6.07, 6.45) is 8.62. The highest BCUT2D eigenvalue weighted by Gasteiger charge is 2.27. The van der Waals surface area contributed by atoms with Gasteiger partial charge in [-0.25, -0.2) is 0 Å². The predicted octanol–water partition coefficient (Wildman–Crippen LogP) is 10.7. The fourth-order valence-electron chi connectivity index (χ4n) is 6.40. The Hall–Kier alpha value is -4.73. The molecule has 0 unspecified atom stereocenters. The third kappa shape index (κ3) is 3.66. The monoisotopic (exact) mass is 544 g/mol. The molecule has 3 heteroatoms. The molecule has 0 N–H and O–H groups in total. The molecule has 41 heavy (non-hydrogen) atoms. The molecule has 0 saturated carbocycles. The van der Waals surface area contributed by atoms with Gasteiger partial charge in [0.1, 0.15) is 0 Å². The van der Waals surface area contributed by atoms with Gasteiger partial charge in [0.15, 0.2) is 0 Å². The first kappa shape index (κ1) is 24.1. The SMILES string of the molecule is C=C(/C=C/C=C/[C@@H](C)c1ccccc1)n1c2ccccc2c2c3c4ccccc4n4c3c(cc21)Sc1ccccc1-4. The first-order chi connectivity index (χ1) is 20.2. The van der Waals surface area contributed by atoms with Crippen LogP contribution >= 0.6 is 11.8 Å². The number of benzene rings is 5. The summed E-state index contributed by atoms with van der Waals surface area (Å²) in [7, 11) is 0. The molecule has 0 radical (unpaired) electrons.